The summed E-state index contributed by atoms with van der Waals surface area (Å²) < 4.78 is 7.25. The molecule has 1 aromatic carbocycles. The van der Waals surface area contributed by atoms with Crippen molar-refractivity contribution in [1.29, 1.82) is 0 Å². The van der Waals surface area contributed by atoms with Gasteiger partial charge in [-0.05, 0) is 26.2 Å². The molecule has 1 aromatic heterocycles. The van der Waals surface area contributed by atoms with Gasteiger partial charge in [0.05, 0.1) is 5.52 Å². The molecule has 6 heteroatoms. The van der Waals surface area contributed by atoms with E-state index in [0.717, 1.165) is 6.54 Å². The van der Waals surface area contributed by atoms with Crippen molar-refractivity contribution >= 4 is 16.9 Å². The number of carbonyl (C=O) groups is 1. The molecule has 2 rings (SSSR count). The fourth-order valence-corrected chi connectivity index (χ4v) is 2.05. The summed E-state index contributed by atoms with van der Waals surface area (Å²) in [6, 6.07) is 5.04. The first-order valence-electron chi connectivity index (χ1n) is 6.54. The molecule has 0 saturated carbocycles. The second-order valence-electron chi connectivity index (χ2n) is 5.12. The van der Waals surface area contributed by atoms with Crippen LogP contribution < -0.4 is 10.2 Å². The quantitative estimate of drug-likeness (QED) is 0.895. The van der Waals surface area contributed by atoms with E-state index >= 15 is 0 Å². The highest BCUT2D eigenvalue weighted by molar-refractivity contribution is 5.92. The number of likely N-dealkylation sites (N-methyl/N-ethyl adjacent to an activating group) is 1. The van der Waals surface area contributed by atoms with Crippen molar-refractivity contribution < 1.29 is 14.6 Å². The van der Waals surface area contributed by atoms with E-state index in [1.165, 1.54) is 6.20 Å². The monoisotopic (exact) mass is 290 g/mol. The highest BCUT2D eigenvalue weighted by Gasteiger charge is 2.13. The summed E-state index contributed by atoms with van der Waals surface area (Å²) in [7, 11) is 5.62. The number of carboxylic acids is 1. The number of ether oxygens (including phenoxy) is 1. The second-order valence-corrected chi connectivity index (χ2v) is 5.12. The second kappa shape index (κ2) is 5.97. The Morgan fingerprint density at radius 3 is 2.71 bits per heavy atom. The molecule has 1 N–H and O–H groups in total. The number of benzene rings is 1. The highest BCUT2D eigenvalue weighted by atomic mass is 16.5. The van der Waals surface area contributed by atoms with Gasteiger partial charge in [-0.2, -0.15) is 0 Å². The molecule has 112 valence electrons. The van der Waals surface area contributed by atoms with Crippen LogP contribution in [-0.4, -0.2) is 47.8 Å². The maximum atomic E-state index is 12.1. The molecule has 0 aliphatic carbocycles. The first-order valence-corrected chi connectivity index (χ1v) is 6.54. The summed E-state index contributed by atoms with van der Waals surface area (Å²) >= 11 is 0. The van der Waals surface area contributed by atoms with Gasteiger partial charge in [0, 0.05) is 31.2 Å². The number of aromatic nitrogens is 1. The van der Waals surface area contributed by atoms with Crippen LogP contribution in [0.5, 0.6) is 5.75 Å². The predicted molar refractivity (Wildman–Crippen MR) is 80.2 cm³/mol. The number of rotatable bonds is 5. The summed E-state index contributed by atoms with van der Waals surface area (Å²) in [5.74, 6) is -0.564. The molecule has 0 aliphatic rings. The van der Waals surface area contributed by atoms with Crippen molar-refractivity contribution in [3.05, 3.63) is 40.2 Å². The summed E-state index contributed by atoms with van der Waals surface area (Å²) in [6.45, 7) is 1.33. The smallest absolute Gasteiger partial charge is 0.341 e. The number of carboxylic acid groups (broad SMARTS) is 1. The van der Waals surface area contributed by atoms with E-state index in [0.29, 0.717) is 23.3 Å². The summed E-state index contributed by atoms with van der Waals surface area (Å²) in [4.78, 5) is 25.2. The normalized spacial score (nSPS) is 11.0. The molecule has 0 spiro atoms. The molecule has 0 unspecified atom stereocenters. The first-order chi connectivity index (χ1) is 9.90. The molecule has 0 aliphatic heterocycles. The zero-order valence-electron chi connectivity index (χ0n) is 12.3. The SMILES string of the molecule is CN(C)CCOc1ccc2c(=O)c(C(=O)O)cn(C)c2c1. The molecular weight excluding hydrogens is 272 g/mol. The van der Waals surface area contributed by atoms with Gasteiger partial charge in [0.2, 0.25) is 5.43 Å². The van der Waals surface area contributed by atoms with Crippen LogP contribution >= 0.6 is 0 Å². The van der Waals surface area contributed by atoms with Crippen molar-refractivity contribution in [2.75, 3.05) is 27.2 Å². The van der Waals surface area contributed by atoms with Gasteiger partial charge >= 0.3 is 5.97 Å². The molecule has 0 bridgehead atoms. The number of pyridine rings is 1. The Morgan fingerprint density at radius 1 is 1.38 bits per heavy atom. The molecule has 6 nitrogen and oxygen atoms in total. The Morgan fingerprint density at radius 2 is 2.10 bits per heavy atom. The van der Waals surface area contributed by atoms with Gasteiger partial charge in [0.15, 0.2) is 0 Å². The van der Waals surface area contributed by atoms with Gasteiger partial charge in [-0.15, -0.1) is 0 Å². The van der Waals surface area contributed by atoms with Crippen molar-refractivity contribution in [1.82, 2.24) is 9.47 Å². The Bertz CT molecular complexity index is 734. The van der Waals surface area contributed by atoms with Gasteiger partial charge in [-0.25, -0.2) is 4.79 Å². The van der Waals surface area contributed by atoms with Gasteiger partial charge < -0.3 is 19.3 Å². The van der Waals surface area contributed by atoms with Crippen LogP contribution in [-0.2, 0) is 7.05 Å². The van der Waals surface area contributed by atoms with Crippen LogP contribution in [0.25, 0.3) is 10.9 Å². The largest absolute Gasteiger partial charge is 0.492 e. The highest BCUT2D eigenvalue weighted by Crippen LogP contribution is 2.19. The van der Waals surface area contributed by atoms with Crippen molar-refractivity contribution in [3.63, 3.8) is 0 Å². The number of hydrogen-bond donors (Lipinski definition) is 1. The van der Waals surface area contributed by atoms with E-state index < -0.39 is 11.4 Å². The van der Waals surface area contributed by atoms with E-state index in [1.54, 1.807) is 29.8 Å². The lowest BCUT2D eigenvalue weighted by Gasteiger charge is -2.12. The minimum Gasteiger partial charge on any atom is -0.492 e. The number of aryl methyl sites for hydroxylation is 1. The topological polar surface area (TPSA) is 71.8 Å². The Hall–Kier alpha value is -2.34. The number of hydrogen-bond acceptors (Lipinski definition) is 4. The summed E-state index contributed by atoms with van der Waals surface area (Å²) in [5, 5.41) is 9.40. The van der Waals surface area contributed by atoms with Crippen molar-refractivity contribution in [3.8, 4) is 5.75 Å². The predicted octanol–water partition coefficient (Wildman–Crippen LogP) is 1.18. The van der Waals surface area contributed by atoms with Gasteiger partial charge in [0.1, 0.15) is 17.9 Å². The fraction of sp³-hybridized carbons (Fsp3) is 0.333. The molecule has 2 aromatic rings. The third-order valence-corrected chi connectivity index (χ3v) is 3.20. The van der Waals surface area contributed by atoms with E-state index in [-0.39, 0.29) is 5.56 Å². The third kappa shape index (κ3) is 3.22. The van der Waals surface area contributed by atoms with E-state index in [9.17, 15) is 9.59 Å². The van der Waals surface area contributed by atoms with E-state index in [1.807, 2.05) is 19.0 Å². The lowest BCUT2D eigenvalue weighted by atomic mass is 10.1. The van der Waals surface area contributed by atoms with Crippen LogP contribution in [0, 0.1) is 0 Å². The van der Waals surface area contributed by atoms with Crippen molar-refractivity contribution in [2.24, 2.45) is 7.05 Å². The standard InChI is InChI=1S/C15H18N2O4/c1-16(2)6-7-21-10-4-5-11-13(8-10)17(3)9-12(14(11)18)15(19)20/h4-5,8-9H,6-7H2,1-3H3,(H,19,20). The zero-order valence-corrected chi connectivity index (χ0v) is 12.3. The van der Waals surface area contributed by atoms with Gasteiger partial charge in [0.25, 0.3) is 0 Å². The van der Waals surface area contributed by atoms with E-state index in [2.05, 4.69) is 0 Å². The molecule has 0 fully saturated rings. The third-order valence-electron chi connectivity index (χ3n) is 3.20. The summed E-state index contributed by atoms with van der Waals surface area (Å²) in [5.41, 5.74) is -0.0610. The molecule has 21 heavy (non-hydrogen) atoms. The molecule has 0 saturated heterocycles. The molecular formula is C15H18N2O4. The average molecular weight is 290 g/mol. The molecule has 1 heterocycles. The maximum absolute atomic E-state index is 12.1. The fourth-order valence-electron chi connectivity index (χ4n) is 2.05. The lowest BCUT2D eigenvalue weighted by molar-refractivity contribution is 0.0695. The van der Waals surface area contributed by atoms with Crippen LogP contribution in [0.4, 0.5) is 0 Å². The van der Waals surface area contributed by atoms with Crippen LogP contribution in [0.1, 0.15) is 10.4 Å². The van der Waals surface area contributed by atoms with Crippen LogP contribution in [0.3, 0.4) is 0 Å². The zero-order chi connectivity index (χ0) is 15.6. The Balaban J connectivity index is 2.40. The Labute approximate surface area is 122 Å². The molecule has 0 amide bonds. The number of aromatic carboxylic acids is 1. The average Bonchev–Trinajstić information content (AvgIpc) is 2.42. The van der Waals surface area contributed by atoms with Gasteiger partial charge in [-0.3, -0.25) is 4.79 Å². The Kier molecular flexibility index (Phi) is 4.28. The molecule has 0 radical (unpaired) electrons. The van der Waals surface area contributed by atoms with Gasteiger partial charge in [-0.1, -0.05) is 0 Å². The number of fused-ring (bicyclic) bond motifs is 1. The maximum Gasteiger partial charge on any atom is 0.341 e. The van der Waals surface area contributed by atoms with E-state index in [4.69, 9.17) is 9.84 Å². The first kappa shape index (κ1) is 15.1. The van der Waals surface area contributed by atoms with Crippen LogP contribution in [0.2, 0.25) is 0 Å². The number of nitrogens with zero attached hydrogens (tertiary/aromatic N) is 2. The lowest BCUT2D eigenvalue weighted by Crippen LogP contribution is -2.20. The minimum atomic E-state index is -1.22. The summed E-state index contributed by atoms with van der Waals surface area (Å²) in [6.07, 6.45) is 1.33. The minimum absolute atomic E-state index is 0.230. The van der Waals surface area contributed by atoms with Crippen molar-refractivity contribution in [2.45, 2.75) is 0 Å². The van der Waals surface area contributed by atoms with Crippen LogP contribution in [0.15, 0.2) is 29.2 Å². The molecule has 0 atom stereocenters.